The van der Waals surface area contributed by atoms with Crippen LogP contribution < -0.4 is 0 Å². The summed E-state index contributed by atoms with van der Waals surface area (Å²) in [7, 11) is 0. The monoisotopic (exact) mass is 268 g/mol. The summed E-state index contributed by atoms with van der Waals surface area (Å²) in [6, 6.07) is 0. The van der Waals surface area contributed by atoms with Gasteiger partial charge in [0, 0.05) is 12.0 Å². The minimum Gasteiger partial charge on any atom is -0.396 e. The first-order chi connectivity index (χ1) is 8.82. The van der Waals surface area contributed by atoms with Crippen molar-refractivity contribution >= 4 is 0 Å². The highest BCUT2D eigenvalue weighted by molar-refractivity contribution is 5.31. The van der Waals surface area contributed by atoms with Gasteiger partial charge in [0.05, 0.1) is 18.3 Å². The summed E-state index contributed by atoms with van der Waals surface area (Å²) >= 11 is 0. The highest BCUT2D eigenvalue weighted by Crippen LogP contribution is 2.76. The molecular weight excluding hydrogens is 244 g/mol. The van der Waals surface area contributed by atoms with Crippen LogP contribution in [0, 0.1) is 22.7 Å². The molecule has 0 radical (unpaired) electrons. The summed E-state index contributed by atoms with van der Waals surface area (Å²) in [4.78, 5) is 0. The van der Waals surface area contributed by atoms with Gasteiger partial charge < -0.3 is 20.1 Å². The molecule has 4 heteroatoms. The Morgan fingerprint density at radius 1 is 1.21 bits per heavy atom. The number of aliphatic hydroxyl groups excluding tert-OH is 2. The van der Waals surface area contributed by atoms with E-state index >= 15 is 0 Å². The number of rotatable bonds is 1. The van der Waals surface area contributed by atoms with Crippen LogP contribution >= 0.6 is 0 Å². The molecule has 2 bridgehead atoms. The molecule has 4 rings (SSSR count). The van der Waals surface area contributed by atoms with Crippen LogP contribution in [0.3, 0.4) is 0 Å². The predicted molar refractivity (Wildman–Crippen MR) is 68.4 cm³/mol. The van der Waals surface area contributed by atoms with Gasteiger partial charge in [0.1, 0.15) is 5.60 Å². The topological polar surface area (TPSA) is 69.9 Å². The van der Waals surface area contributed by atoms with Crippen LogP contribution in [0.2, 0.25) is 0 Å². The molecule has 4 nitrogen and oxygen atoms in total. The molecule has 19 heavy (non-hydrogen) atoms. The van der Waals surface area contributed by atoms with Crippen molar-refractivity contribution in [1.82, 2.24) is 0 Å². The molecule has 4 fully saturated rings. The molecule has 6 atom stereocenters. The molecule has 108 valence electrons. The van der Waals surface area contributed by atoms with Crippen LogP contribution in [0.1, 0.15) is 39.5 Å². The van der Waals surface area contributed by atoms with Gasteiger partial charge in [-0.05, 0) is 49.9 Å². The lowest BCUT2D eigenvalue weighted by molar-refractivity contribution is -0.180. The van der Waals surface area contributed by atoms with E-state index < -0.39 is 11.7 Å². The summed E-state index contributed by atoms with van der Waals surface area (Å²) < 4.78 is 6.08. The molecule has 1 heterocycles. The van der Waals surface area contributed by atoms with Crippen molar-refractivity contribution in [3.05, 3.63) is 0 Å². The van der Waals surface area contributed by atoms with E-state index in [1.807, 2.05) is 0 Å². The van der Waals surface area contributed by atoms with Crippen molar-refractivity contribution in [2.75, 3.05) is 13.2 Å². The number of hydrogen-bond acceptors (Lipinski definition) is 4. The largest absolute Gasteiger partial charge is 0.396 e. The van der Waals surface area contributed by atoms with Crippen LogP contribution in [0.5, 0.6) is 0 Å². The van der Waals surface area contributed by atoms with Gasteiger partial charge in [-0.1, -0.05) is 6.92 Å². The lowest BCUT2D eigenvalue weighted by Crippen LogP contribution is -2.64. The van der Waals surface area contributed by atoms with Crippen molar-refractivity contribution in [1.29, 1.82) is 0 Å². The molecule has 0 amide bonds. The van der Waals surface area contributed by atoms with E-state index in [0.29, 0.717) is 0 Å². The highest BCUT2D eigenvalue weighted by atomic mass is 16.5. The van der Waals surface area contributed by atoms with Crippen LogP contribution in [0.25, 0.3) is 0 Å². The van der Waals surface area contributed by atoms with Crippen LogP contribution in [0.4, 0.5) is 0 Å². The maximum atomic E-state index is 11.0. The average molecular weight is 268 g/mol. The third-order valence-corrected chi connectivity index (χ3v) is 7.06. The van der Waals surface area contributed by atoms with Crippen LogP contribution in [-0.4, -0.2) is 45.8 Å². The van der Waals surface area contributed by atoms with Crippen molar-refractivity contribution in [2.45, 2.75) is 56.8 Å². The van der Waals surface area contributed by atoms with E-state index in [2.05, 4.69) is 13.8 Å². The minimum absolute atomic E-state index is 0.0564. The Bertz CT molecular complexity index is 434. The second-order valence-electron chi connectivity index (χ2n) is 7.99. The number of hydrogen-bond donors (Lipinski definition) is 3. The molecule has 1 spiro atoms. The predicted octanol–water partition coefficient (Wildman–Crippen LogP) is 0.686. The van der Waals surface area contributed by atoms with Gasteiger partial charge >= 0.3 is 0 Å². The minimum atomic E-state index is -1.07. The van der Waals surface area contributed by atoms with E-state index in [0.717, 1.165) is 25.7 Å². The zero-order valence-electron chi connectivity index (χ0n) is 11.7. The molecule has 3 N–H and O–H groups in total. The number of ether oxygens (including phenoxy) is 1. The quantitative estimate of drug-likeness (QED) is 0.654. The summed E-state index contributed by atoms with van der Waals surface area (Å²) in [6.45, 7) is 4.63. The lowest BCUT2D eigenvalue weighted by Gasteiger charge is -2.51. The van der Waals surface area contributed by atoms with Crippen LogP contribution in [-0.2, 0) is 4.74 Å². The van der Waals surface area contributed by atoms with Crippen LogP contribution in [0.15, 0.2) is 0 Å². The Hall–Kier alpha value is -0.160. The van der Waals surface area contributed by atoms with E-state index in [4.69, 9.17) is 4.74 Å². The fourth-order valence-corrected chi connectivity index (χ4v) is 5.75. The Labute approximate surface area is 113 Å². The molecule has 4 aliphatic rings. The molecule has 3 aliphatic carbocycles. The highest BCUT2D eigenvalue weighted by Gasteiger charge is 2.82. The zero-order chi connectivity index (χ0) is 13.7. The smallest absolute Gasteiger partial charge is 0.122 e. The summed E-state index contributed by atoms with van der Waals surface area (Å²) in [5, 5.41) is 31.4. The average Bonchev–Trinajstić information content (AvgIpc) is 3.09. The van der Waals surface area contributed by atoms with Gasteiger partial charge in [0.2, 0.25) is 0 Å². The second kappa shape index (κ2) is 3.19. The Balaban J connectivity index is 1.81. The summed E-state index contributed by atoms with van der Waals surface area (Å²) in [5.74, 6) is 0.311. The van der Waals surface area contributed by atoms with E-state index in [-0.39, 0.29) is 41.5 Å². The molecule has 0 aromatic rings. The summed E-state index contributed by atoms with van der Waals surface area (Å²) in [5.41, 5.74) is -1.76. The zero-order valence-corrected chi connectivity index (χ0v) is 11.7. The fourth-order valence-electron chi connectivity index (χ4n) is 5.75. The van der Waals surface area contributed by atoms with Gasteiger partial charge in [0.15, 0.2) is 0 Å². The molecule has 3 saturated carbocycles. The van der Waals surface area contributed by atoms with Crippen molar-refractivity contribution in [3.63, 3.8) is 0 Å². The molecule has 1 saturated heterocycles. The SMILES string of the molecule is C[C@]1(CO)C[C@H]2[C@H](O)[C@]3(O)CO[C@](C)([C@H]2C1)C31CC1. The van der Waals surface area contributed by atoms with Crippen molar-refractivity contribution in [2.24, 2.45) is 22.7 Å². The van der Waals surface area contributed by atoms with Crippen molar-refractivity contribution in [3.8, 4) is 0 Å². The maximum absolute atomic E-state index is 11.0. The summed E-state index contributed by atoms with van der Waals surface area (Å²) in [6.07, 6.45) is 2.88. The normalized spacial score (nSPS) is 61.4. The van der Waals surface area contributed by atoms with Crippen molar-refractivity contribution < 1.29 is 20.1 Å². The first-order valence-electron chi connectivity index (χ1n) is 7.47. The lowest BCUT2D eigenvalue weighted by atomic mass is 9.57. The van der Waals surface area contributed by atoms with Gasteiger partial charge in [-0.2, -0.15) is 0 Å². The molecule has 0 unspecified atom stereocenters. The van der Waals surface area contributed by atoms with E-state index in [1.165, 1.54) is 0 Å². The number of fused-ring (bicyclic) bond motifs is 2. The molecular formula is C15H24O4. The fraction of sp³-hybridized carbons (Fsp3) is 1.00. The maximum Gasteiger partial charge on any atom is 0.122 e. The Kier molecular flexibility index (Phi) is 2.11. The van der Waals surface area contributed by atoms with Gasteiger partial charge in [0.25, 0.3) is 0 Å². The third kappa shape index (κ3) is 1.13. The van der Waals surface area contributed by atoms with Gasteiger partial charge in [-0.3, -0.25) is 0 Å². The standard InChI is InChI=1S/C15H24O4/c1-12(7-16)5-9-10(6-12)13(2)14(3-4-14)15(18,8-19-13)11(9)17/h9-11,16-18H,3-8H2,1-2H3/t9-,10+,11+,12+,13-,15-/m1/s1. The van der Waals surface area contributed by atoms with Gasteiger partial charge in [-0.25, -0.2) is 0 Å². The van der Waals surface area contributed by atoms with Gasteiger partial charge in [-0.15, -0.1) is 0 Å². The second-order valence-corrected chi connectivity index (χ2v) is 7.99. The van der Waals surface area contributed by atoms with E-state index in [9.17, 15) is 15.3 Å². The molecule has 1 aliphatic heterocycles. The Morgan fingerprint density at radius 2 is 1.89 bits per heavy atom. The number of aliphatic hydroxyl groups is 3. The molecule has 0 aromatic heterocycles. The first kappa shape index (κ1) is 12.6. The molecule has 0 aromatic carbocycles. The Morgan fingerprint density at radius 3 is 2.47 bits per heavy atom. The first-order valence-corrected chi connectivity index (χ1v) is 7.47. The van der Waals surface area contributed by atoms with E-state index in [1.54, 1.807) is 0 Å². The third-order valence-electron chi connectivity index (χ3n) is 7.06.